The molecule has 1 rings (SSSR count). The number of Topliss-reactive ketones (excluding diaryl/α,β-unsaturated/α-hetero) is 3. The van der Waals surface area contributed by atoms with Crippen LogP contribution in [0.1, 0.15) is 66.5 Å². The largest absolute Gasteiger partial charge is 0.481 e. The third kappa shape index (κ3) is 7.99. The van der Waals surface area contributed by atoms with Crippen LogP contribution in [0, 0.1) is 17.3 Å². The van der Waals surface area contributed by atoms with Crippen LogP contribution in [0.3, 0.4) is 0 Å². The Morgan fingerprint density at radius 1 is 0.911 bits per heavy atom. The molecule has 12 N–H and O–H groups in total. The van der Waals surface area contributed by atoms with E-state index in [1.54, 1.807) is 13.8 Å². The molecule has 0 radical (unpaired) electrons. The van der Waals surface area contributed by atoms with Crippen molar-refractivity contribution in [3.8, 4) is 0 Å². The molecule has 7 unspecified atom stereocenters. The second kappa shape index (κ2) is 16.1. The van der Waals surface area contributed by atoms with Crippen molar-refractivity contribution in [1.29, 1.82) is 0 Å². The van der Waals surface area contributed by atoms with E-state index in [0.29, 0.717) is 4.90 Å². The normalized spacial score (nSPS) is 17.8. The molecular weight excluding hydrogens is 590 g/mol. The third-order valence-corrected chi connectivity index (χ3v) is 7.87. The molecule has 0 aliphatic carbocycles. The predicted octanol–water partition coefficient (Wildman–Crippen LogP) is -1.43. The maximum absolute atomic E-state index is 14.8. The molecule has 1 heterocycles. The summed E-state index contributed by atoms with van der Waals surface area (Å²) in [6.45, 7) is 8.30. The molecule has 0 aliphatic heterocycles. The Balaban J connectivity index is 4.61. The van der Waals surface area contributed by atoms with Crippen molar-refractivity contribution in [2.24, 2.45) is 40.2 Å². The number of hydrogen-bond acceptors (Lipinski definition) is 12. The van der Waals surface area contributed by atoms with Crippen molar-refractivity contribution in [2.75, 3.05) is 6.54 Å². The standard InChI is InChI=1S/C29H49N7O9/c1-7-8-36(26(43)22(33)16(6)37)29(27(44)45,24(41)18(30)9-14(2)3)28(11-20(38)39,25(42)21(32)15(4)5)23(40)19(31)10-17-12-34-13-35-17/h12-16,18-19,21-22,37H,7-11,30-33H2,1-6H3,(H,34,35)(H,38,39)(H,44,45). The zero-order valence-electron chi connectivity index (χ0n) is 26.7. The molecule has 16 heteroatoms. The summed E-state index contributed by atoms with van der Waals surface area (Å²) in [6.07, 6.45) is -1.19. The topological polar surface area (TPSA) is 299 Å². The number of carboxylic acid groups (broad SMARTS) is 2. The first-order valence-corrected chi connectivity index (χ1v) is 14.8. The highest BCUT2D eigenvalue weighted by molar-refractivity contribution is 6.27. The van der Waals surface area contributed by atoms with Crippen molar-refractivity contribution in [3.63, 3.8) is 0 Å². The molecule has 1 amide bonds. The zero-order valence-corrected chi connectivity index (χ0v) is 26.7. The summed E-state index contributed by atoms with van der Waals surface area (Å²) in [5.41, 5.74) is 18.0. The minimum absolute atomic E-state index is 0.0545. The number of hydrogen-bond donors (Lipinski definition) is 8. The summed E-state index contributed by atoms with van der Waals surface area (Å²) >= 11 is 0. The Hall–Kier alpha value is -3.57. The molecule has 0 fully saturated rings. The minimum atomic E-state index is -3.61. The zero-order chi connectivity index (χ0) is 35.0. The van der Waals surface area contributed by atoms with Crippen LogP contribution >= 0.6 is 0 Å². The maximum atomic E-state index is 14.8. The summed E-state index contributed by atoms with van der Waals surface area (Å²) in [6, 6.07) is -7.09. The van der Waals surface area contributed by atoms with Crippen LogP contribution in [0.25, 0.3) is 0 Å². The van der Waals surface area contributed by atoms with Gasteiger partial charge in [0.1, 0.15) is 11.5 Å². The van der Waals surface area contributed by atoms with Gasteiger partial charge in [-0.15, -0.1) is 0 Å². The molecule has 0 bridgehead atoms. The van der Waals surface area contributed by atoms with Gasteiger partial charge in [0.05, 0.1) is 42.7 Å². The van der Waals surface area contributed by atoms with Crippen LogP contribution in [-0.2, 0) is 35.2 Å². The highest BCUT2D eigenvalue weighted by atomic mass is 16.4. The molecule has 16 nitrogen and oxygen atoms in total. The van der Waals surface area contributed by atoms with Crippen molar-refractivity contribution in [1.82, 2.24) is 14.9 Å². The molecule has 45 heavy (non-hydrogen) atoms. The molecule has 0 saturated carbocycles. The van der Waals surface area contributed by atoms with Gasteiger partial charge in [0.15, 0.2) is 17.3 Å². The quantitative estimate of drug-likeness (QED) is 0.0759. The third-order valence-electron chi connectivity index (χ3n) is 7.87. The number of aromatic nitrogens is 2. The lowest BCUT2D eigenvalue weighted by Gasteiger charge is -2.52. The molecular formula is C29H49N7O9. The molecule has 254 valence electrons. The van der Waals surface area contributed by atoms with Crippen molar-refractivity contribution >= 4 is 35.2 Å². The number of H-pyrrole nitrogens is 1. The van der Waals surface area contributed by atoms with E-state index in [0.717, 1.165) is 6.92 Å². The monoisotopic (exact) mass is 639 g/mol. The van der Waals surface area contributed by atoms with Gasteiger partial charge in [0.25, 0.3) is 0 Å². The first kappa shape index (κ1) is 39.5. The number of carboxylic acids is 2. The number of nitrogens with zero attached hydrogens (tertiary/aromatic N) is 2. The second-order valence-electron chi connectivity index (χ2n) is 12.2. The van der Waals surface area contributed by atoms with Crippen LogP contribution in [0.15, 0.2) is 12.5 Å². The Labute approximate surface area is 262 Å². The van der Waals surface area contributed by atoms with E-state index in [-0.39, 0.29) is 24.5 Å². The van der Waals surface area contributed by atoms with Crippen LogP contribution < -0.4 is 22.9 Å². The van der Waals surface area contributed by atoms with Gasteiger partial charge in [-0.1, -0.05) is 34.6 Å². The SMILES string of the molecule is CCCN(C(=O)C(N)C(C)O)C(C(=O)O)(C(=O)C(N)CC(C)C)C(CC(=O)O)(C(=O)C(N)Cc1c[nH]cn1)C(=O)C(N)C(C)C. The summed E-state index contributed by atoms with van der Waals surface area (Å²) in [7, 11) is 0. The highest BCUT2D eigenvalue weighted by Crippen LogP contribution is 2.46. The summed E-state index contributed by atoms with van der Waals surface area (Å²) in [4.78, 5) is 91.8. The van der Waals surface area contributed by atoms with E-state index < -0.39 is 102 Å². The molecule has 0 saturated heterocycles. The molecule has 0 spiro atoms. The van der Waals surface area contributed by atoms with Gasteiger partial charge in [-0.3, -0.25) is 24.0 Å². The summed E-state index contributed by atoms with van der Waals surface area (Å²) in [5.74, 6) is -10.9. The highest BCUT2D eigenvalue weighted by Gasteiger charge is 2.75. The van der Waals surface area contributed by atoms with E-state index >= 15 is 0 Å². The Kier molecular flexibility index (Phi) is 14.1. The molecule has 1 aromatic heterocycles. The smallest absolute Gasteiger partial charge is 0.339 e. The van der Waals surface area contributed by atoms with E-state index in [4.69, 9.17) is 22.9 Å². The fourth-order valence-electron chi connectivity index (χ4n) is 5.54. The van der Waals surface area contributed by atoms with Crippen LogP contribution in [0.2, 0.25) is 0 Å². The van der Waals surface area contributed by atoms with E-state index in [1.165, 1.54) is 33.3 Å². The number of amides is 1. The predicted molar refractivity (Wildman–Crippen MR) is 162 cm³/mol. The van der Waals surface area contributed by atoms with Crippen molar-refractivity contribution in [2.45, 2.75) is 103 Å². The molecule has 0 aliphatic rings. The number of aliphatic hydroxyl groups excluding tert-OH is 1. The number of ketones is 3. The number of nitrogens with one attached hydrogen (secondary N) is 1. The number of rotatable bonds is 20. The van der Waals surface area contributed by atoms with Crippen molar-refractivity contribution in [3.05, 3.63) is 18.2 Å². The Morgan fingerprint density at radius 2 is 1.49 bits per heavy atom. The summed E-state index contributed by atoms with van der Waals surface area (Å²) in [5, 5.41) is 31.7. The fourth-order valence-corrected chi connectivity index (χ4v) is 5.54. The van der Waals surface area contributed by atoms with Crippen LogP contribution in [-0.4, -0.2) is 108 Å². The number of aromatic amines is 1. The minimum Gasteiger partial charge on any atom is -0.481 e. The second-order valence-corrected chi connectivity index (χ2v) is 12.2. The van der Waals surface area contributed by atoms with Gasteiger partial charge >= 0.3 is 11.9 Å². The Morgan fingerprint density at radius 3 is 1.89 bits per heavy atom. The summed E-state index contributed by atoms with van der Waals surface area (Å²) < 4.78 is 0. The number of aliphatic hydroxyl groups is 1. The molecule has 7 atom stereocenters. The lowest BCUT2D eigenvalue weighted by molar-refractivity contribution is -0.187. The van der Waals surface area contributed by atoms with Crippen molar-refractivity contribution < 1.29 is 44.1 Å². The number of carbonyl (C=O) groups excluding carboxylic acids is 4. The number of carbonyl (C=O) groups is 6. The van der Waals surface area contributed by atoms with Gasteiger partial charge in [-0.2, -0.15) is 0 Å². The molecule has 0 aromatic carbocycles. The average Bonchev–Trinajstić information content (AvgIpc) is 3.46. The maximum Gasteiger partial charge on any atom is 0.339 e. The fraction of sp³-hybridized carbons (Fsp3) is 0.690. The van der Waals surface area contributed by atoms with Gasteiger partial charge in [0, 0.05) is 19.2 Å². The average molecular weight is 640 g/mol. The first-order valence-electron chi connectivity index (χ1n) is 14.8. The van der Waals surface area contributed by atoms with Crippen LogP contribution in [0.4, 0.5) is 0 Å². The molecule has 1 aromatic rings. The van der Waals surface area contributed by atoms with Crippen LogP contribution in [0.5, 0.6) is 0 Å². The van der Waals surface area contributed by atoms with Gasteiger partial charge in [0.2, 0.25) is 11.4 Å². The van der Waals surface area contributed by atoms with E-state index in [2.05, 4.69) is 9.97 Å². The number of aliphatic carboxylic acids is 2. The van der Waals surface area contributed by atoms with E-state index in [9.17, 15) is 44.1 Å². The van der Waals surface area contributed by atoms with Gasteiger partial charge in [-0.05, 0) is 31.6 Å². The number of imidazole rings is 1. The lowest BCUT2D eigenvalue weighted by atomic mass is 9.55. The lowest BCUT2D eigenvalue weighted by Crippen LogP contribution is -2.80. The number of nitrogens with two attached hydrogens (primary N) is 4. The van der Waals surface area contributed by atoms with Gasteiger partial charge < -0.3 is 48.1 Å². The first-order chi connectivity index (χ1) is 20.7. The van der Waals surface area contributed by atoms with E-state index in [1.807, 2.05) is 0 Å². The Bertz CT molecular complexity index is 1220. The van der Waals surface area contributed by atoms with Gasteiger partial charge in [-0.25, -0.2) is 9.78 Å².